The van der Waals surface area contributed by atoms with Crippen LogP contribution >= 0.6 is 0 Å². The van der Waals surface area contributed by atoms with Gasteiger partial charge in [0.1, 0.15) is 0 Å². The Hall–Kier alpha value is -2.49. The van der Waals surface area contributed by atoms with Crippen molar-refractivity contribution in [3.05, 3.63) is 53.1 Å². The summed E-state index contributed by atoms with van der Waals surface area (Å²) in [7, 11) is 3.47. The van der Waals surface area contributed by atoms with Crippen LogP contribution in [0.4, 0.5) is 17.1 Å². The monoisotopic (exact) mass is 283 g/mol. The lowest BCUT2D eigenvalue weighted by molar-refractivity contribution is 0.0828. The molecule has 0 atom stereocenters. The predicted molar refractivity (Wildman–Crippen MR) is 88.1 cm³/mol. The van der Waals surface area contributed by atoms with E-state index in [1.165, 1.54) is 11.1 Å². The van der Waals surface area contributed by atoms with Crippen molar-refractivity contribution >= 4 is 23.0 Å². The average molecular weight is 283 g/mol. The van der Waals surface area contributed by atoms with Gasteiger partial charge in [0.25, 0.3) is 5.91 Å². The molecule has 4 heteroatoms. The Kier molecular flexibility index (Phi) is 4.17. The number of nitrogens with zero attached hydrogens (tertiary/aromatic N) is 1. The molecule has 110 valence electrons. The van der Waals surface area contributed by atoms with Crippen LogP contribution in [0.3, 0.4) is 0 Å². The second-order valence-electron chi connectivity index (χ2n) is 5.51. The van der Waals surface area contributed by atoms with Crippen LogP contribution in [0.25, 0.3) is 0 Å². The van der Waals surface area contributed by atoms with Crippen molar-refractivity contribution in [2.24, 2.45) is 0 Å². The fourth-order valence-corrected chi connectivity index (χ4v) is 2.30. The van der Waals surface area contributed by atoms with Gasteiger partial charge in [0.15, 0.2) is 0 Å². The first-order valence-electron chi connectivity index (χ1n) is 6.83. The maximum Gasteiger partial charge on any atom is 0.255 e. The number of nitrogens with two attached hydrogens (primary N) is 1. The third kappa shape index (κ3) is 3.54. The number of rotatable bonds is 3. The largest absolute Gasteiger partial charge is 0.399 e. The van der Waals surface area contributed by atoms with Crippen LogP contribution in [0, 0.1) is 13.8 Å². The molecule has 0 saturated carbocycles. The first-order valence-corrected chi connectivity index (χ1v) is 6.83. The van der Waals surface area contributed by atoms with E-state index in [0.29, 0.717) is 11.3 Å². The third-order valence-corrected chi connectivity index (χ3v) is 3.18. The molecule has 2 aromatic carbocycles. The normalized spacial score (nSPS) is 10.3. The lowest BCUT2D eigenvalue weighted by Gasteiger charge is -2.16. The summed E-state index contributed by atoms with van der Waals surface area (Å²) >= 11 is 0. The number of anilines is 3. The van der Waals surface area contributed by atoms with Crippen molar-refractivity contribution in [3.8, 4) is 0 Å². The Labute approximate surface area is 125 Å². The van der Waals surface area contributed by atoms with Crippen molar-refractivity contribution in [1.82, 2.24) is 4.90 Å². The van der Waals surface area contributed by atoms with Crippen molar-refractivity contribution in [2.45, 2.75) is 13.8 Å². The molecule has 2 aromatic rings. The smallest absolute Gasteiger partial charge is 0.255 e. The minimum atomic E-state index is -0.0538. The van der Waals surface area contributed by atoms with Gasteiger partial charge >= 0.3 is 0 Å². The molecule has 0 radical (unpaired) electrons. The number of hydrogen-bond donors (Lipinski definition) is 2. The van der Waals surface area contributed by atoms with Gasteiger partial charge in [0.05, 0.1) is 11.3 Å². The third-order valence-electron chi connectivity index (χ3n) is 3.18. The molecule has 0 heterocycles. The number of benzene rings is 2. The molecule has 0 aromatic heterocycles. The van der Waals surface area contributed by atoms with E-state index in [0.717, 1.165) is 11.4 Å². The van der Waals surface area contributed by atoms with E-state index >= 15 is 0 Å². The van der Waals surface area contributed by atoms with Gasteiger partial charge in [-0.3, -0.25) is 4.79 Å². The van der Waals surface area contributed by atoms with E-state index < -0.39 is 0 Å². The molecule has 3 N–H and O–H groups in total. The summed E-state index contributed by atoms with van der Waals surface area (Å²) in [6.07, 6.45) is 0. The second kappa shape index (κ2) is 5.87. The molecule has 2 rings (SSSR count). The number of carbonyl (C=O) groups excluding carboxylic acids is 1. The van der Waals surface area contributed by atoms with E-state index in [4.69, 9.17) is 5.73 Å². The second-order valence-corrected chi connectivity index (χ2v) is 5.51. The topological polar surface area (TPSA) is 58.4 Å². The van der Waals surface area contributed by atoms with Crippen LogP contribution in [0.2, 0.25) is 0 Å². The summed E-state index contributed by atoms with van der Waals surface area (Å²) in [6.45, 7) is 4.09. The number of aryl methyl sites for hydroxylation is 2. The Morgan fingerprint density at radius 3 is 2.24 bits per heavy atom. The summed E-state index contributed by atoms with van der Waals surface area (Å²) in [5.41, 5.74) is 11.1. The Balaban J connectivity index is 2.43. The number of amides is 1. The molecule has 0 bridgehead atoms. The van der Waals surface area contributed by atoms with E-state index in [2.05, 4.69) is 11.4 Å². The molecule has 0 unspecified atom stereocenters. The molecule has 0 fully saturated rings. The molecule has 0 spiro atoms. The lowest BCUT2D eigenvalue weighted by atomic mass is 10.1. The molecule has 0 aliphatic rings. The molecule has 1 amide bonds. The van der Waals surface area contributed by atoms with Crippen LogP contribution < -0.4 is 11.1 Å². The van der Waals surface area contributed by atoms with Crippen molar-refractivity contribution in [2.75, 3.05) is 25.1 Å². The fraction of sp³-hybridized carbons (Fsp3) is 0.235. The summed E-state index contributed by atoms with van der Waals surface area (Å²) in [5, 5.41) is 3.30. The highest BCUT2D eigenvalue weighted by Gasteiger charge is 2.14. The molecular formula is C17H21N3O. The lowest BCUT2D eigenvalue weighted by Crippen LogP contribution is -2.22. The Morgan fingerprint density at radius 2 is 1.67 bits per heavy atom. The van der Waals surface area contributed by atoms with Gasteiger partial charge in [-0.15, -0.1) is 0 Å². The SMILES string of the molecule is Cc1cc(C)cc(Nc2cc(N)ccc2C(=O)N(C)C)c1. The summed E-state index contributed by atoms with van der Waals surface area (Å²) in [5.74, 6) is -0.0538. The number of hydrogen-bond acceptors (Lipinski definition) is 3. The Bertz CT molecular complexity index is 657. The van der Waals surface area contributed by atoms with Crippen LogP contribution in [0.5, 0.6) is 0 Å². The molecule has 4 nitrogen and oxygen atoms in total. The van der Waals surface area contributed by atoms with Gasteiger partial charge < -0.3 is 16.0 Å². The molecule has 21 heavy (non-hydrogen) atoms. The number of carbonyl (C=O) groups is 1. The average Bonchev–Trinajstić information content (AvgIpc) is 2.36. The zero-order valence-electron chi connectivity index (χ0n) is 12.9. The molecular weight excluding hydrogens is 262 g/mol. The summed E-state index contributed by atoms with van der Waals surface area (Å²) < 4.78 is 0. The Morgan fingerprint density at radius 1 is 1.05 bits per heavy atom. The number of nitrogen functional groups attached to an aromatic ring is 1. The van der Waals surface area contributed by atoms with E-state index in [1.807, 2.05) is 26.0 Å². The van der Waals surface area contributed by atoms with Crippen LogP contribution in [-0.2, 0) is 0 Å². The van der Waals surface area contributed by atoms with Crippen LogP contribution in [-0.4, -0.2) is 24.9 Å². The summed E-state index contributed by atoms with van der Waals surface area (Å²) in [6, 6.07) is 11.5. The fourth-order valence-electron chi connectivity index (χ4n) is 2.30. The molecule has 0 aliphatic heterocycles. The van der Waals surface area contributed by atoms with Gasteiger partial charge in [-0.1, -0.05) is 6.07 Å². The first-order chi connectivity index (χ1) is 9.86. The summed E-state index contributed by atoms with van der Waals surface area (Å²) in [4.78, 5) is 13.8. The van der Waals surface area contributed by atoms with Crippen LogP contribution in [0.15, 0.2) is 36.4 Å². The van der Waals surface area contributed by atoms with Gasteiger partial charge in [-0.05, 0) is 55.3 Å². The molecule has 0 aliphatic carbocycles. The zero-order chi connectivity index (χ0) is 15.6. The van der Waals surface area contributed by atoms with Crippen molar-refractivity contribution in [3.63, 3.8) is 0 Å². The van der Waals surface area contributed by atoms with Gasteiger partial charge in [-0.2, -0.15) is 0 Å². The highest BCUT2D eigenvalue weighted by Crippen LogP contribution is 2.25. The quantitative estimate of drug-likeness (QED) is 0.849. The minimum Gasteiger partial charge on any atom is -0.399 e. The zero-order valence-corrected chi connectivity index (χ0v) is 12.9. The maximum atomic E-state index is 12.2. The van der Waals surface area contributed by atoms with E-state index in [-0.39, 0.29) is 5.91 Å². The van der Waals surface area contributed by atoms with Gasteiger partial charge in [0.2, 0.25) is 0 Å². The van der Waals surface area contributed by atoms with Crippen LogP contribution in [0.1, 0.15) is 21.5 Å². The van der Waals surface area contributed by atoms with Crippen molar-refractivity contribution in [1.29, 1.82) is 0 Å². The minimum absolute atomic E-state index is 0.0538. The van der Waals surface area contributed by atoms with E-state index in [1.54, 1.807) is 37.2 Å². The number of nitrogens with one attached hydrogen (secondary N) is 1. The highest BCUT2D eigenvalue weighted by molar-refractivity contribution is 6.00. The van der Waals surface area contributed by atoms with Gasteiger partial charge in [0, 0.05) is 25.5 Å². The van der Waals surface area contributed by atoms with E-state index in [9.17, 15) is 4.79 Å². The standard InChI is InChI=1S/C17H21N3O/c1-11-7-12(2)9-14(8-11)19-16-10-13(18)5-6-15(16)17(21)20(3)4/h5-10,19H,18H2,1-4H3. The van der Waals surface area contributed by atoms with Gasteiger partial charge in [-0.25, -0.2) is 0 Å². The van der Waals surface area contributed by atoms with Crippen molar-refractivity contribution < 1.29 is 4.79 Å². The predicted octanol–water partition coefficient (Wildman–Crippen LogP) is 3.33. The maximum absolute atomic E-state index is 12.2. The first kappa shape index (κ1) is 14.9. The molecule has 0 saturated heterocycles. The highest BCUT2D eigenvalue weighted by atomic mass is 16.2.